The summed E-state index contributed by atoms with van der Waals surface area (Å²) in [4.78, 5) is 19.1. The minimum atomic E-state index is -0.135. The first-order valence-electron chi connectivity index (χ1n) is 14.9. The van der Waals surface area contributed by atoms with Gasteiger partial charge in [-0.1, -0.05) is 56.7 Å². The van der Waals surface area contributed by atoms with Gasteiger partial charge < -0.3 is 20.5 Å². The number of carbonyl (C=O) groups is 1. The second kappa shape index (κ2) is 17.7. The van der Waals surface area contributed by atoms with Gasteiger partial charge in [-0.3, -0.25) is 20.0 Å². The van der Waals surface area contributed by atoms with Crippen LogP contribution in [0.25, 0.3) is 11.1 Å². The van der Waals surface area contributed by atoms with Gasteiger partial charge in [-0.2, -0.15) is 0 Å². The predicted octanol–water partition coefficient (Wildman–Crippen LogP) is 4.51. The minimum absolute atomic E-state index is 0.135. The molecule has 1 fully saturated rings. The maximum Gasteiger partial charge on any atom is 0.226 e. The number of nitrogens with one attached hydrogen (secondary N) is 2. The fourth-order valence-corrected chi connectivity index (χ4v) is 5.05. The van der Waals surface area contributed by atoms with E-state index in [4.69, 9.17) is 15.2 Å². The molecular formula is C32H49N5O3. The highest BCUT2D eigenvalue weighted by Crippen LogP contribution is 2.32. The maximum atomic E-state index is 12.4. The van der Waals surface area contributed by atoms with Gasteiger partial charge in [0.15, 0.2) is 5.96 Å². The van der Waals surface area contributed by atoms with Gasteiger partial charge in [-0.05, 0) is 61.5 Å². The first-order valence-corrected chi connectivity index (χ1v) is 14.9. The molecular weight excluding hydrogens is 502 g/mol. The van der Waals surface area contributed by atoms with Crippen LogP contribution in [0.5, 0.6) is 5.75 Å². The van der Waals surface area contributed by atoms with Crippen molar-refractivity contribution >= 4 is 11.9 Å². The molecule has 0 bridgehead atoms. The number of guanidine groups is 1. The molecule has 0 aliphatic carbocycles. The van der Waals surface area contributed by atoms with Crippen LogP contribution in [-0.4, -0.2) is 69.3 Å². The number of nitrogens with two attached hydrogens (primary N) is 1. The van der Waals surface area contributed by atoms with E-state index >= 15 is 0 Å². The van der Waals surface area contributed by atoms with Crippen molar-refractivity contribution in [3.63, 3.8) is 0 Å². The lowest BCUT2D eigenvalue weighted by atomic mass is 9.99. The molecule has 1 unspecified atom stereocenters. The van der Waals surface area contributed by atoms with Gasteiger partial charge in [0, 0.05) is 57.8 Å². The van der Waals surface area contributed by atoms with Crippen LogP contribution in [0.15, 0.2) is 47.5 Å². The smallest absolute Gasteiger partial charge is 0.226 e. The molecule has 1 amide bonds. The third-order valence-corrected chi connectivity index (χ3v) is 7.38. The fourth-order valence-electron chi connectivity index (χ4n) is 5.05. The van der Waals surface area contributed by atoms with Gasteiger partial charge in [-0.25, -0.2) is 0 Å². The Balaban J connectivity index is 1.60. The molecule has 0 radical (unpaired) electrons. The second-order valence-corrected chi connectivity index (χ2v) is 10.4. The first-order chi connectivity index (χ1) is 19.5. The van der Waals surface area contributed by atoms with Crippen molar-refractivity contribution in [1.29, 1.82) is 0 Å². The molecule has 8 heteroatoms. The van der Waals surface area contributed by atoms with E-state index in [2.05, 4.69) is 70.8 Å². The molecule has 1 aliphatic heterocycles. The van der Waals surface area contributed by atoms with E-state index in [0.717, 1.165) is 61.3 Å². The van der Waals surface area contributed by atoms with Crippen LogP contribution in [0, 0.1) is 0 Å². The number of carbonyl (C=O) groups excluding carboxylic acids is 1. The zero-order chi connectivity index (χ0) is 28.6. The second-order valence-electron chi connectivity index (χ2n) is 10.4. The summed E-state index contributed by atoms with van der Waals surface area (Å²) in [6, 6.07) is 15.6. The molecule has 4 N–H and O–H groups in total. The first kappa shape index (κ1) is 31.6. The monoisotopic (exact) mass is 551 g/mol. The van der Waals surface area contributed by atoms with Crippen molar-refractivity contribution in [2.75, 3.05) is 46.5 Å². The molecule has 1 aliphatic rings. The summed E-state index contributed by atoms with van der Waals surface area (Å²) in [6.07, 6.45) is 6.30. The summed E-state index contributed by atoms with van der Waals surface area (Å²) >= 11 is 0. The standard InChI is InChI=1S/C32H49N5O3/c1-4-6-18-35-32(33)36-31(38)17-13-25-12-16-29(30(22-25)40-21-8-20-39-3)27-14-10-26(11-15-27)23-34-24-28-9-7-19-37(28)5-2/h10-12,14-16,22,28,34H,4-9,13,17-21,23-24H2,1-3H3,(H3,33,35,36,38). The Labute approximate surface area is 240 Å². The lowest BCUT2D eigenvalue weighted by Gasteiger charge is -2.23. The number of hydrogen-bond donors (Lipinski definition) is 3. The van der Waals surface area contributed by atoms with Crippen LogP contribution in [-0.2, 0) is 22.5 Å². The Morgan fingerprint density at radius 3 is 2.65 bits per heavy atom. The molecule has 0 aromatic heterocycles. The van der Waals surface area contributed by atoms with Crippen LogP contribution < -0.4 is 21.1 Å². The number of aliphatic imine (C=N–C) groups is 1. The largest absolute Gasteiger partial charge is 0.493 e. The molecule has 2 aromatic carbocycles. The van der Waals surface area contributed by atoms with Gasteiger partial charge in [0.25, 0.3) is 0 Å². The third-order valence-electron chi connectivity index (χ3n) is 7.38. The zero-order valence-corrected chi connectivity index (χ0v) is 24.7. The quantitative estimate of drug-likeness (QED) is 0.152. The van der Waals surface area contributed by atoms with Crippen LogP contribution in [0.4, 0.5) is 0 Å². The van der Waals surface area contributed by atoms with Gasteiger partial charge >= 0.3 is 0 Å². The topological polar surface area (TPSA) is 101 Å². The van der Waals surface area contributed by atoms with Crippen LogP contribution in [0.2, 0.25) is 0 Å². The molecule has 2 aromatic rings. The van der Waals surface area contributed by atoms with E-state index < -0.39 is 0 Å². The Hall–Kier alpha value is -2.94. The number of unbranched alkanes of at least 4 members (excludes halogenated alkanes) is 1. The molecule has 3 rings (SSSR count). The number of nitrogens with zero attached hydrogens (tertiary/aromatic N) is 2. The Kier molecular flexibility index (Phi) is 14.0. The Bertz CT molecular complexity index is 1060. The van der Waals surface area contributed by atoms with Crippen molar-refractivity contribution in [1.82, 2.24) is 15.5 Å². The number of hydrogen-bond acceptors (Lipinski definition) is 6. The number of ether oxygens (including phenoxy) is 2. The summed E-state index contributed by atoms with van der Waals surface area (Å²) in [5, 5.41) is 6.33. The van der Waals surface area contributed by atoms with E-state index in [0.29, 0.717) is 38.6 Å². The lowest BCUT2D eigenvalue weighted by molar-refractivity contribution is -0.119. The minimum Gasteiger partial charge on any atom is -0.493 e. The molecule has 1 atom stereocenters. The number of methoxy groups -OCH3 is 1. The number of aryl methyl sites for hydroxylation is 1. The number of rotatable bonds is 17. The van der Waals surface area contributed by atoms with Crippen molar-refractivity contribution in [2.45, 2.75) is 71.4 Å². The van der Waals surface area contributed by atoms with Crippen LogP contribution >= 0.6 is 0 Å². The molecule has 1 saturated heterocycles. The van der Waals surface area contributed by atoms with E-state index in [1.54, 1.807) is 7.11 Å². The van der Waals surface area contributed by atoms with Gasteiger partial charge in [0.1, 0.15) is 5.75 Å². The van der Waals surface area contributed by atoms with Gasteiger partial charge in [0.05, 0.1) is 6.61 Å². The highest BCUT2D eigenvalue weighted by atomic mass is 16.5. The molecule has 40 heavy (non-hydrogen) atoms. The lowest BCUT2D eigenvalue weighted by Crippen LogP contribution is -2.37. The highest BCUT2D eigenvalue weighted by Gasteiger charge is 2.22. The third kappa shape index (κ3) is 10.6. The number of likely N-dealkylation sites (N-methyl/N-ethyl adjacent to an activating group) is 1. The van der Waals surface area contributed by atoms with Crippen LogP contribution in [0.3, 0.4) is 0 Å². The summed E-state index contributed by atoms with van der Waals surface area (Å²) in [6.45, 7) is 10.4. The van der Waals surface area contributed by atoms with Gasteiger partial charge in [0.2, 0.25) is 5.91 Å². The van der Waals surface area contributed by atoms with E-state index in [9.17, 15) is 4.79 Å². The Morgan fingerprint density at radius 2 is 1.90 bits per heavy atom. The molecule has 0 saturated carbocycles. The molecule has 0 spiro atoms. The molecule has 220 valence electrons. The predicted molar refractivity (Wildman–Crippen MR) is 164 cm³/mol. The molecule has 8 nitrogen and oxygen atoms in total. The van der Waals surface area contributed by atoms with Gasteiger partial charge in [-0.15, -0.1) is 0 Å². The SMILES string of the molecule is CCCCN=C(N)NC(=O)CCc1ccc(-c2ccc(CNCC3CCCN3CC)cc2)c(OCCCOC)c1. The summed E-state index contributed by atoms with van der Waals surface area (Å²) < 4.78 is 11.4. The summed E-state index contributed by atoms with van der Waals surface area (Å²) in [5.41, 5.74) is 10.3. The normalized spacial score (nSPS) is 15.9. The van der Waals surface area contributed by atoms with Crippen LogP contribution in [0.1, 0.15) is 63.5 Å². The van der Waals surface area contributed by atoms with Crippen molar-refractivity contribution < 1.29 is 14.3 Å². The van der Waals surface area contributed by atoms with Crippen molar-refractivity contribution in [3.05, 3.63) is 53.6 Å². The average Bonchev–Trinajstić information content (AvgIpc) is 3.42. The Morgan fingerprint density at radius 1 is 1.10 bits per heavy atom. The average molecular weight is 552 g/mol. The van der Waals surface area contributed by atoms with E-state index in [1.165, 1.54) is 24.9 Å². The number of likely N-dealkylation sites (tertiary alicyclic amines) is 1. The molecule has 1 heterocycles. The van der Waals surface area contributed by atoms with Crippen molar-refractivity contribution in [3.8, 4) is 16.9 Å². The number of amides is 1. The zero-order valence-electron chi connectivity index (χ0n) is 24.7. The number of benzene rings is 2. The maximum absolute atomic E-state index is 12.4. The fraction of sp³-hybridized carbons (Fsp3) is 0.562. The summed E-state index contributed by atoms with van der Waals surface area (Å²) in [5.74, 6) is 0.876. The highest BCUT2D eigenvalue weighted by molar-refractivity contribution is 5.96. The van der Waals surface area contributed by atoms with E-state index in [-0.39, 0.29) is 11.9 Å². The summed E-state index contributed by atoms with van der Waals surface area (Å²) in [7, 11) is 1.70. The van der Waals surface area contributed by atoms with E-state index in [1.807, 2.05) is 6.07 Å². The van der Waals surface area contributed by atoms with Crippen molar-refractivity contribution in [2.24, 2.45) is 10.7 Å².